The van der Waals surface area contributed by atoms with Crippen molar-refractivity contribution in [2.75, 3.05) is 11.5 Å². The monoisotopic (exact) mass is 660 g/mol. The molecule has 1 saturated heterocycles. The van der Waals surface area contributed by atoms with Gasteiger partial charge in [-0.1, -0.05) is 26.0 Å². The van der Waals surface area contributed by atoms with E-state index in [1.165, 1.54) is 6.08 Å². The number of carboxylic acid groups (broad SMARTS) is 1. The Morgan fingerprint density at radius 2 is 1.72 bits per heavy atom. The molecule has 166 valence electrons. The fourth-order valence-electron chi connectivity index (χ4n) is 3.00. The lowest BCUT2D eigenvalue weighted by molar-refractivity contribution is -0.139. The zero-order valence-corrected chi connectivity index (χ0v) is 21.3. The molecule has 0 aliphatic carbocycles. The van der Waals surface area contributed by atoms with E-state index in [4.69, 9.17) is 9.84 Å². The lowest BCUT2D eigenvalue weighted by Crippen LogP contribution is -2.54. The predicted molar refractivity (Wildman–Crippen MR) is 135 cm³/mol. The maximum Gasteiger partial charge on any atom is 0.341 e. The van der Waals surface area contributed by atoms with E-state index in [-0.39, 0.29) is 5.57 Å². The Bertz CT molecular complexity index is 1120. The number of amides is 4. The Morgan fingerprint density at radius 1 is 1.12 bits per heavy atom. The van der Waals surface area contributed by atoms with Crippen molar-refractivity contribution in [3.05, 3.63) is 60.2 Å². The molecule has 3 rings (SSSR count). The number of carbonyl (C=O) groups excluding carboxylic acids is 3. The lowest BCUT2D eigenvalue weighted by Gasteiger charge is -2.26. The van der Waals surface area contributed by atoms with Gasteiger partial charge in [-0.25, -0.2) is 14.5 Å². The summed E-state index contributed by atoms with van der Waals surface area (Å²) in [6.07, 6.45) is 1.39. The van der Waals surface area contributed by atoms with Crippen molar-refractivity contribution in [3.63, 3.8) is 0 Å². The van der Waals surface area contributed by atoms with Gasteiger partial charge >= 0.3 is 12.0 Å². The van der Waals surface area contributed by atoms with Crippen molar-refractivity contribution in [2.24, 2.45) is 0 Å². The van der Waals surface area contributed by atoms with Crippen LogP contribution in [0.2, 0.25) is 0 Å². The van der Waals surface area contributed by atoms with Crippen LogP contribution in [-0.4, -0.2) is 35.5 Å². The first kappa shape index (κ1) is 24.2. The van der Waals surface area contributed by atoms with E-state index in [1.807, 2.05) is 71.2 Å². The smallest absolute Gasteiger partial charge is 0.341 e. The predicted octanol–water partition coefficient (Wildman–Crippen LogP) is 4.15. The van der Waals surface area contributed by atoms with E-state index in [0.717, 1.165) is 10.5 Å². The van der Waals surface area contributed by atoms with Crippen LogP contribution in [0.1, 0.15) is 30.9 Å². The van der Waals surface area contributed by atoms with E-state index in [2.05, 4.69) is 5.32 Å². The number of nitrogens with zero attached hydrogens (tertiary/aromatic N) is 1. The molecule has 1 aliphatic heterocycles. The maximum absolute atomic E-state index is 13.1. The first-order valence-corrected chi connectivity index (χ1v) is 11.6. The number of halogens is 2. The molecular formula is C22H18I2N2O6. The molecule has 0 saturated carbocycles. The molecule has 10 heteroatoms. The first-order chi connectivity index (χ1) is 15.1. The molecule has 0 radical (unpaired) electrons. The molecular weight excluding hydrogens is 642 g/mol. The largest absolute Gasteiger partial charge is 0.480 e. The molecule has 1 fully saturated rings. The van der Waals surface area contributed by atoms with Crippen LogP contribution < -0.4 is 15.0 Å². The van der Waals surface area contributed by atoms with Crippen LogP contribution in [0.25, 0.3) is 6.08 Å². The second-order valence-electron chi connectivity index (χ2n) is 7.20. The number of urea groups is 1. The molecule has 0 aromatic heterocycles. The molecule has 1 aliphatic rings. The molecule has 4 amide bonds. The molecule has 2 aromatic carbocycles. The zero-order valence-electron chi connectivity index (χ0n) is 17.0. The number of anilines is 1. The molecule has 2 N–H and O–H groups in total. The van der Waals surface area contributed by atoms with Crippen molar-refractivity contribution in [3.8, 4) is 5.75 Å². The number of ether oxygens (including phenoxy) is 1. The van der Waals surface area contributed by atoms with Crippen LogP contribution in [0.5, 0.6) is 5.75 Å². The van der Waals surface area contributed by atoms with Gasteiger partial charge in [-0.15, -0.1) is 0 Å². The SMILES string of the molecule is CC(C)c1ccc(N2C(=O)NC(=O)/C(=C\c3cc(I)c(OCC(=O)O)c(I)c3)C2=O)cc1. The van der Waals surface area contributed by atoms with E-state index < -0.39 is 30.4 Å². The molecule has 0 atom stereocenters. The summed E-state index contributed by atoms with van der Waals surface area (Å²) in [5.74, 6) is -1.92. The summed E-state index contributed by atoms with van der Waals surface area (Å²) in [4.78, 5) is 49.6. The third-order valence-electron chi connectivity index (χ3n) is 4.59. The van der Waals surface area contributed by atoms with Crippen molar-refractivity contribution in [1.82, 2.24) is 5.32 Å². The molecule has 0 spiro atoms. The maximum atomic E-state index is 13.1. The van der Waals surface area contributed by atoms with Crippen LogP contribution in [-0.2, 0) is 14.4 Å². The highest BCUT2D eigenvalue weighted by molar-refractivity contribution is 14.1. The van der Waals surface area contributed by atoms with Gasteiger partial charge in [0.25, 0.3) is 11.8 Å². The third-order valence-corrected chi connectivity index (χ3v) is 6.19. The lowest BCUT2D eigenvalue weighted by atomic mass is 10.0. The quantitative estimate of drug-likeness (QED) is 0.274. The number of benzene rings is 2. The highest BCUT2D eigenvalue weighted by atomic mass is 127. The van der Waals surface area contributed by atoms with E-state index in [9.17, 15) is 19.2 Å². The average Bonchev–Trinajstić information content (AvgIpc) is 2.70. The number of carboxylic acids is 1. The topological polar surface area (TPSA) is 113 Å². The van der Waals surface area contributed by atoms with Crippen LogP contribution in [0, 0.1) is 7.14 Å². The fraction of sp³-hybridized carbons (Fsp3) is 0.182. The van der Waals surface area contributed by atoms with E-state index in [0.29, 0.717) is 30.1 Å². The Labute approximate surface area is 211 Å². The standard InChI is InChI=1S/C22H18I2N2O6/c1-11(2)13-3-5-14(6-4-13)26-21(30)15(20(29)25-22(26)31)7-12-8-16(23)19(17(24)9-12)32-10-18(27)28/h3-9,11H,10H2,1-2H3,(H,27,28)(H,25,29,31)/b15-7+. The fourth-order valence-corrected chi connectivity index (χ4v) is 5.13. The third kappa shape index (κ3) is 5.28. The molecule has 2 aromatic rings. The Morgan fingerprint density at radius 3 is 2.25 bits per heavy atom. The van der Waals surface area contributed by atoms with Crippen LogP contribution >= 0.6 is 45.2 Å². The van der Waals surface area contributed by atoms with Gasteiger partial charge in [-0.3, -0.25) is 14.9 Å². The van der Waals surface area contributed by atoms with Gasteiger partial charge in [0.2, 0.25) is 0 Å². The number of aliphatic carboxylic acids is 1. The van der Waals surface area contributed by atoms with Gasteiger partial charge in [-0.05, 0) is 92.6 Å². The highest BCUT2D eigenvalue weighted by Gasteiger charge is 2.36. The van der Waals surface area contributed by atoms with Gasteiger partial charge < -0.3 is 9.84 Å². The summed E-state index contributed by atoms with van der Waals surface area (Å²) in [7, 11) is 0. The molecule has 0 unspecified atom stereocenters. The Kier molecular flexibility index (Phi) is 7.54. The molecule has 1 heterocycles. The summed E-state index contributed by atoms with van der Waals surface area (Å²) in [6, 6.07) is 9.51. The van der Waals surface area contributed by atoms with Gasteiger partial charge in [0, 0.05) is 0 Å². The summed E-state index contributed by atoms with van der Waals surface area (Å²) in [6.45, 7) is 3.59. The highest BCUT2D eigenvalue weighted by Crippen LogP contribution is 2.31. The minimum Gasteiger partial charge on any atom is -0.480 e. The minimum absolute atomic E-state index is 0.191. The van der Waals surface area contributed by atoms with Gasteiger partial charge in [0.05, 0.1) is 12.8 Å². The number of imide groups is 2. The number of carbonyl (C=O) groups is 4. The normalized spacial score (nSPS) is 15.3. The minimum atomic E-state index is -1.10. The second kappa shape index (κ2) is 9.98. The Balaban J connectivity index is 1.94. The summed E-state index contributed by atoms with van der Waals surface area (Å²) in [5.41, 5.74) is 1.75. The average molecular weight is 660 g/mol. The number of rotatable bonds is 6. The van der Waals surface area contributed by atoms with Crippen molar-refractivity contribution in [1.29, 1.82) is 0 Å². The van der Waals surface area contributed by atoms with Gasteiger partial charge in [0.15, 0.2) is 6.61 Å². The van der Waals surface area contributed by atoms with Crippen LogP contribution in [0.3, 0.4) is 0 Å². The zero-order chi connectivity index (χ0) is 23.6. The number of hydrogen-bond donors (Lipinski definition) is 2. The number of barbiturate groups is 1. The summed E-state index contributed by atoms with van der Waals surface area (Å²) >= 11 is 3.97. The van der Waals surface area contributed by atoms with Gasteiger partial charge in [-0.2, -0.15) is 0 Å². The van der Waals surface area contributed by atoms with E-state index in [1.54, 1.807) is 24.3 Å². The number of nitrogens with one attached hydrogen (secondary N) is 1. The molecule has 32 heavy (non-hydrogen) atoms. The summed E-state index contributed by atoms with van der Waals surface area (Å²) in [5, 5.41) is 11.0. The van der Waals surface area contributed by atoms with Crippen molar-refractivity contribution in [2.45, 2.75) is 19.8 Å². The first-order valence-electron chi connectivity index (χ1n) is 9.43. The number of hydrogen-bond acceptors (Lipinski definition) is 5. The van der Waals surface area contributed by atoms with Crippen LogP contribution in [0.4, 0.5) is 10.5 Å². The molecule has 0 bridgehead atoms. The Hall–Kier alpha value is -2.48. The van der Waals surface area contributed by atoms with E-state index >= 15 is 0 Å². The summed E-state index contributed by atoms with van der Waals surface area (Å²) < 4.78 is 6.53. The van der Waals surface area contributed by atoms with Crippen LogP contribution in [0.15, 0.2) is 42.0 Å². The molecule has 8 nitrogen and oxygen atoms in total. The van der Waals surface area contributed by atoms with Crippen molar-refractivity contribution < 1.29 is 29.0 Å². The van der Waals surface area contributed by atoms with Crippen molar-refractivity contribution >= 4 is 80.8 Å². The van der Waals surface area contributed by atoms with Gasteiger partial charge in [0.1, 0.15) is 11.3 Å². The second-order valence-corrected chi connectivity index (χ2v) is 9.52.